The molecule has 0 fully saturated rings. The Bertz CT molecular complexity index is 788. The fourth-order valence-corrected chi connectivity index (χ4v) is 2.82. The Balaban J connectivity index is 1.87. The maximum absolute atomic E-state index is 9.18. The maximum atomic E-state index is 9.18. The van der Waals surface area contributed by atoms with Crippen LogP contribution >= 0.6 is 0 Å². The van der Waals surface area contributed by atoms with Gasteiger partial charge in [0, 0.05) is 5.56 Å². The Hall–Kier alpha value is -2.44. The molecule has 0 bridgehead atoms. The monoisotopic (exact) mass is 336 g/mol. The first-order valence-corrected chi connectivity index (χ1v) is 8.54. The van der Waals surface area contributed by atoms with Gasteiger partial charge in [-0.05, 0) is 17.4 Å². The molecule has 0 radical (unpaired) electrons. The molecule has 1 aromatic heterocycles. The van der Waals surface area contributed by atoms with Crippen LogP contribution in [0.2, 0.25) is 0 Å². The molecule has 0 saturated carbocycles. The summed E-state index contributed by atoms with van der Waals surface area (Å²) in [6.45, 7) is 2.17. The summed E-state index contributed by atoms with van der Waals surface area (Å²) < 4.78 is 5.55. The molecule has 2 N–H and O–H groups in total. The average molecular weight is 336 g/mol. The molecule has 0 spiro atoms. The zero-order chi connectivity index (χ0) is 17.6. The first-order valence-electron chi connectivity index (χ1n) is 8.54. The number of nitrogens with zero attached hydrogens (tertiary/aromatic N) is 2. The van der Waals surface area contributed by atoms with Crippen molar-refractivity contribution in [3.05, 3.63) is 66.1 Å². The molecule has 5 nitrogen and oxygen atoms in total. The van der Waals surface area contributed by atoms with E-state index in [-0.39, 0.29) is 5.92 Å². The second kappa shape index (κ2) is 8.10. The van der Waals surface area contributed by atoms with Gasteiger partial charge < -0.3 is 14.6 Å². The lowest BCUT2D eigenvalue weighted by Crippen LogP contribution is -2.29. The molecule has 6 heteroatoms. The molecule has 3 rings (SSSR count). The van der Waals surface area contributed by atoms with E-state index in [4.69, 9.17) is 4.52 Å². The predicted octanol–water partition coefficient (Wildman–Crippen LogP) is 2.74. The Morgan fingerprint density at radius 3 is 2.40 bits per heavy atom. The largest absolute Gasteiger partial charge is 0.488 e. The summed E-state index contributed by atoms with van der Waals surface area (Å²) in [6.07, 6.45) is 3.15. The lowest BCUT2D eigenvalue weighted by atomic mass is 9.80. The van der Waals surface area contributed by atoms with Crippen LogP contribution in [0.15, 0.2) is 59.1 Å². The zero-order valence-electron chi connectivity index (χ0n) is 14.2. The Morgan fingerprint density at radius 1 is 1.04 bits per heavy atom. The predicted molar refractivity (Wildman–Crippen MR) is 97.4 cm³/mol. The van der Waals surface area contributed by atoms with E-state index in [0.717, 1.165) is 24.8 Å². The van der Waals surface area contributed by atoms with E-state index in [1.807, 2.05) is 18.2 Å². The summed E-state index contributed by atoms with van der Waals surface area (Å²) in [5.74, 6) is 1.20. The minimum atomic E-state index is -1.48. The third kappa shape index (κ3) is 4.16. The molecule has 2 aromatic carbocycles. The Labute approximate surface area is 147 Å². The second-order valence-corrected chi connectivity index (χ2v) is 6.06. The SMILES string of the molecule is CCCCC(c1ccccc1)c1nc(-c2ccc(B(O)O)cc2)no1. The fourth-order valence-electron chi connectivity index (χ4n) is 2.82. The number of hydrogen-bond donors (Lipinski definition) is 2. The van der Waals surface area contributed by atoms with Crippen LogP contribution in [0.5, 0.6) is 0 Å². The van der Waals surface area contributed by atoms with Crippen LogP contribution in [0.4, 0.5) is 0 Å². The topological polar surface area (TPSA) is 79.4 Å². The molecule has 0 aliphatic carbocycles. The minimum absolute atomic E-state index is 0.0842. The highest BCUT2D eigenvalue weighted by molar-refractivity contribution is 6.58. The number of hydrogen-bond acceptors (Lipinski definition) is 5. The van der Waals surface area contributed by atoms with Gasteiger partial charge in [-0.2, -0.15) is 4.98 Å². The molecule has 3 aromatic rings. The number of aromatic nitrogens is 2. The van der Waals surface area contributed by atoms with Crippen LogP contribution in [0, 0.1) is 0 Å². The average Bonchev–Trinajstić information content (AvgIpc) is 3.13. The van der Waals surface area contributed by atoms with Crippen molar-refractivity contribution in [2.75, 3.05) is 0 Å². The third-order valence-electron chi connectivity index (χ3n) is 4.26. The van der Waals surface area contributed by atoms with Crippen LogP contribution in [0.1, 0.15) is 43.6 Å². The standard InChI is InChI=1S/C19H21BN2O3/c1-2-3-9-17(14-7-5-4-6-8-14)19-21-18(22-25-19)15-10-12-16(13-11-15)20(23)24/h4-8,10-13,17,23-24H,2-3,9H2,1H3. The third-order valence-corrected chi connectivity index (χ3v) is 4.26. The number of unbranched alkanes of at least 4 members (excludes halogenated alkanes) is 1. The van der Waals surface area contributed by atoms with Crippen molar-refractivity contribution in [2.45, 2.75) is 32.1 Å². The molecule has 0 aliphatic rings. The van der Waals surface area contributed by atoms with Crippen molar-refractivity contribution in [1.29, 1.82) is 0 Å². The molecule has 128 valence electrons. The van der Waals surface area contributed by atoms with Crippen LogP contribution in [-0.2, 0) is 0 Å². The highest BCUT2D eigenvalue weighted by atomic mass is 16.5. The normalized spacial score (nSPS) is 12.1. The van der Waals surface area contributed by atoms with E-state index in [9.17, 15) is 10.0 Å². The number of benzene rings is 2. The van der Waals surface area contributed by atoms with E-state index in [1.165, 1.54) is 5.56 Å². The summed E-state index contributed by atoms with van der Waals surface area (Å²) >= 11 is 0. The van der Waals surface area contributed by atoms with Gasteiger partial charge in [-0.1, -0.05) is 79.5 Å². The summed E-state index contributed by atoms with van der Waals surface area (Å²) in [5, 5.41) is 22.5. The smallest absolute Gasteiger partial charge is 0.423 e. The first kappa shape index (κ1) is 17.4. The van der Waals surface area contributed by atoms with Crippen molar-refractivity contribution >= 4 is 12.6 Å². The van der Waals surface area contributed by atoms with Crippen LogP contribution in [0.25, 0.3) is 11.4 Å². The lowest BCUT2D eigenvalue weighted by molar-refractivity contribution is 0.358. The van der Waals surface area contributed by atoms with Crippen molar-refractivity contribution in [3.8, 4) is 11.4 Å². The highest BCUT2D eigenvalue weighted by Gasteiger charge is 2.21. The van der Waals surface area contributed by atoms with Gasteiger partial charge in [0.25, 0.3) is 0 Å². The Kier molecular flexibility index (Phi) is 5.63. The van der Waals surface area contributed by atoms with Gasteiger partial charge in [-0.25, -0.2) is 0 Å². The first-order chi connectivity index (χ1) is 12.2. The maximum Gasteiger partial charge on any atom is 0.488 e. The summed E-state index contributed by atoms with van der Waals surface area (Å²) in [4.78, 5) is 4.58. The quantitative estimate of drug-likeness (QED) is 0.649. The summed E-state index contributed by atoms with van der Waals surface area (Å²) in [6, 6.07) is 17.0. The fraction of sp³-hybridized carbons (Fsp3) is 0.263. The molecular formula is C19H21BN2O3. The summed E-state index contributed by atoms with van der Waals surface area (Å²) in [7, 11) is -1.48. The van der Waals surface area contributed by atoms with E-state index >= 15 is 0 Å². The van der Waals surface area contributed by atoms with Gasteiger partial charge in [0.2, 0.25) is 11.7 Å². The van der Waals surface area contributed by atoms with E-state index in [2.05, 4.69) is 29.2 Å². The zero-order valence-corrected chi connectivity index (χ0v) is 14.2. The van der Waals surface area contributed by atoms with E-state index < -0.39 is 7.12 Å². The van der Waals surface area contributed by atoms with Crippen molar-refractivity contribution in [1.82, 2.24) is 10.1 Å². The highest BCUT2D eigenvalue weighted by Crippen LogP contribution is 2.29. The second-order valence-electron chi connectivity index (χ2n) is 6.06. The molecule has 1 atom stereocenters. The van der Waals surface area contributed by atoms with Crippen LogP contribution in [0.3, 0.4) is 0 Å². The molecule has 0 saturated heterocycles. The minimum Gasteiger partial charge on any atom is -0.423 e. The van der Waals surface area contributed by atoms with Crippen LogP contribution in [-0.4, -0.2) is 27.3 Å². The molecular weight excluding hydrogens is 315 g/mol. The van der Waals surface area contributed by atoms with E-state index in [0.29, 0.717) is 17.2 Å². The molecule has 1 heterocycles. The number of rotatable bonds is 7. The van der Waals surface area contributed by atoms with Gasteiger partial charge in [0.05, 0.1) is 5.92 Å². The molecule has 25 heavy (non-hydrogen) atoms. The Morgan fingerprint density at radius 2 is 1.76 bits per heavy atom. The van der Waals surface area contributed by atoms with Crippen molar-refractivity contribution in [2.24, 2.45) is 0 Å². The van der Waals surface area contributed by atoms with Gasteiger partial charge in [-0.3, -0.25) is 0 Å². The van der Waals surface area contributed by atoms with Gasteiger partial charge in [-0.15, -0.1) is 0 Å². The molecule has 0 aliphatic heterocycles. The van der Waals surface area contributed by atoms with Gasteiger partial charge in [0.1, 0.15) is 0 Å². The van der Waals surface area contributed by atoms with Crippen LogP contribution < -0.4 is 5.46 Å². The summed E-state index contributed by atoms with van der Waals surface area (Å²) in [5.41, 5.74) is 2.38. The molecule has 1 unspecified atom stereocenters. The van der Waals surface area contributed by atoms with Crippen molar-refractivity contribution < 1.29 is 14.6 Å². The lowest BCUT2D eigenvalue weighted by Gasteiger charge is -2.12. The van der Waals surface area contributed by atoms with E-state index in [1.54, 1.807) is 24.3 Å². The van der Waals surface area contributed by atoms with Gasteiger partial charge in [0.15, 0.2) is 0 Å². The molecule has 0 amide bonds. The van der Waals surface area contributed by atoms with Crippen molar-refractivity contribution in [3.63, 3.8) is 0 Å². The van der Waals surface area contributed by atoms with Gasteiger partial charge >= 0.3 is 7.12 Å².